The molecule has 4 aromatic heterocycles. The minimum atomic E-state index is -3.46. The van der Waals surface area contributed by atoms with Crippen molar-refractivity contribution in [2.75, 3.05) is 18.5 Å². The van der Waals surface area contributed by atoms with Crippen molar-refractivity contribution < 1.29 is 42.2 Å². The first-order valence-corrected chi connectivity index (χ1v) is 19.2. The maximum atomic E-state index is 12.7. The van der Waals surface area contributed by atoms with Gasteiger partial charge in [-0.2, -0.15) is 10.2 Å². The zero-order valence-corrected chi connectivity index (χ0v) is 29.3. The molecule has 4 N–H and O–H groups in total. The summed E-state index contributed by atoms with van der Waals surface area (Å²) in [5.74, 6) is -0.429. The van der Waals surface area contributed by atoms with Crippen molar-refractivity contribution in [3.8, 4) is 6.07 Å². The van der Waals surface area contributed by atoms with E-state index in [1.807, 2.05) is 10.6 Å². The number of ether oxygens (including phenoxy) is 1. The molecule has 0 bridgehead atoms. The fourth-order valence-corrected chi connectivity index (χ4v) is 8.19. The molecule has 20 nitrogen and oxygen atoms in total. The van der Waals surface area contributed by atoms with Crippen LogP contribution >= 0.6 is 15.0 Å². The number of H-pyrrole nitrogens is 1. The van der Waals surface area contributed by atoms with Crippen LogP contribution in [-0.4, -0.2) is 86.5 Å². The van der Waals surface area contributed by atoms with E-state index in [4.69, 9.17) is 39.9 Å². The molecule has 2 fully saturated rings. The smallest absolute Gasteiger partial charge is 0.388 e. The Morgan fingerprint density at radius 2 is 2.08 bits per heavy atom. The molecule has 266 valence electrons. The minimum absolute atomic E-state index is 0.0375. The van der Waals surface area contributed by atoms with Gasteiger partial charge >= 0.3 is 15.0 Å². The molecule has 0 aromatic carbocycles. The van der Waals surface area contributed by atoms with E-state index in [2.05, 4.69) is 35.2 Å². The highest BCUT2D eigenvalue weighted by Crippen LogP contribution is 2.55. The summed E-state index contributed by atoms with van der Waals surface area (Å²) in [4.78, 5) is 58.2. The Morgan fingerprint density at radius 1 is 1.28 bits per heavy atom. The number of aliphatic hydroxyl groups excluding tert-OH is 1. The van der Waals surface area contributed by atoms with E-state index in [1.165, 1.54) is 17.2 Å². The molecular weight excluding hydrogens is 718 g/mol. The van der Waals surface area contributed by atoms with Gasteiger partial charge in [0, 0.05) is 22.9 Å². The van der Waals surface area contributed by atoms with Crippen molar-refractivity contribution in [3.63, 3.8) is 0 Å². The van der Waals surface area contributed by atoms with Crippen LogP contribution < -0.4 is 10.9 Å². The fraction of sp³-hybridized carbons (Fsp3) is 0.556. The predicted molar refractivity (Wildman–Crippen MR) is 176 cm³/mol. The number of aliphatic hydroxyl groups is 1. The van der Waals surface area contributed by atoms with Crippen LogP contribution in [0, 0.1) is 17.2 Å². The van der Waals surface area contributed by atoms with E-state index in [1.54, 1.807) is 20.0 Å². The van der Waals surface area contributed by atoms with Gasteiger partial charge in [-0.05, 0) is 24.6 Å². The number of nitriles is 1. The normalized spacial score (nSPS) is 23.5. The van der Waals surface area contributed by atoms with Gasteiger partial charge in [0.25, 0.3) is 5.56 Å². The number of hydrogen-bond donors (Lipinski definition) is 4. The van der Waals surface area contributed by atoms with Gasteiger partial charge < -0.3 is 28.0 Å². The number of amides is 1. The maximum absolute atomic E-state index is 12.7. The number of carbonyl (C=O) groups excluding carboxylic acids is 1. The number of carbonyl (C=O) groups is 1. The lowest BCUT2D eigenvalue weighted by molar-refractivity contribution is -0.118. The Kier molecular flexibility index (Phi) is 11.0. The number of nitrogens with zero attached hydrogens (tertiary/aromatic N) is 8. The summed E-state index contributed by atoms with van der Waals surface area (Å²) in [7, 11) is -3.06. The van der Waals surface area contributed by atoms with E-state index >= 15 is 0 Å². The first kappa shape index (κ1) is 36.1. The van der Waals surface area contributed by atoms with Crippen LogP contribution in [0.15, 0.2) is 23.6 Å². The van der Waals surface area contributed by atoms with E-state index in [9.17, 15) is 24.2 Å². The van der Waals surface area contributed by atoms with Gasteiger partial charge in [0.05, 0.1) is 50.4 Å². The van der Waals surface area contributed by atoms with E-state index in [-0.39, 0.29) is 73.7 Å². The third kappa shape index (κ3) is 7.80. The molecular formula is C27H33N10O10P2S+. The van der Waals surface area contributed by atoms with Crippen molar-refractivity contribution in [1.29, 1.82) is 5.26 Å². The zero-order chi connectivity index (χ0) is 35.6. The van der Waals surface area contributed by atoms with Crippen LogP contribution in [0.1, 0.15) is 57.6 Å². The number of imidazole rings is 2. The summed E-state index contributed by atoms with van der Waals surface area (Å²) >= 11 is 5.73. The summed E-state index contributed by atoms with van der Waals surface area (Å²) < 4.78 is 44.5. The Hall–Kier alpha value is -3.67. The lowest BCUT2D eigenvalue weighted by Crippen LogP contribution is -2.34. The van der Waals surface area contributed by atoms with Crippen molar-refractivity contribution in [2.45, 2.75) is 76.7 Å². The molecule has 23 heteroatoms. The SMILES string of the molecule is CC(C)C(=O)Nc1nc2c(ncn2[C@@H]2O[C@H](COP(=S)(OCCC#N)OC3CC(n4c(CO)nc5cncnc54)C3)C[C@H]2O[P+](=O)O)c(=O)[nH]1. The monoisotopic (exact) mass is 751 g/mol. The summed E-state index contributed by atoms with van der Waals surface area (Å²) in [6.45, 7) is -0.599. The molecule has 2 unspecified atom stereocenters. The molecule has 0 radical (unpaired) electrons. The van der Waals surface area contributed by atoms with Crippen LogP contribution in [0.25, 0.3) is 22.3 Å². The topological polar surface area (TPSA) is 264 Å². The van der Waals surface area contributed by atoms with E-state index in [0.717, 1.165) is 0 Å². The summed E-state index contributed by atoms with van der Waals surface area (Å²) in [6, 6.07) is 1.90. The molecule has 4 aromatic rings. The number of aromatic amines is 1. The number of anilines is 1. The second-order valence-corrected chi connectivity index (χ2v) is 15.4. The van der Waals surface area contributed by atoms with E-state index < -0.39 is 39.0 Å². The lowest BCUT2D eigenvalue weighted by Gasteiger charge is -2.39. The molecule has 1 aliphatic carbocycles. The van der Waals surface area contributed by atoms with Crippen molar-refractivity contribution >= 4 is 61.0 Å². The molecule has 2 aliphatic rings. The molecule has 50 heavy (non-hydrogen) atoms. The summed E-state index contributed by atoms with van der Waals surface area (Å²) in [6.07, 6.45) is 2.11. The largest absolute Gasteiger partial charge is 0.695 e. The molecule has 5 heterocycles. The van der Waals surface area contributed by atoms with Gasteiger partial charge in [-0.3, -0.25) is 24.5 Å². The van der Waals surface area contributed by atoms with Crippen LogP contribution in [0.2, 0.25) is 0 Å². The standard InChI is InChI=1S/C27H32N10O10P2S/c1-14(2)24(39)34-27-33-23-21(25(40)35-27)31-13-36(23)26-19(46-48(41)42)8-17(45-26)11-44-49(50,43-5-3-4-28)47-16-6-15(7-16)37-20(10-38)32-18-9-29-12-30-22(18)37/h9,12-17,19,26,38H,3,5-8,10-11H2,1-2H3,(H2-,33,34,35,39,40,41,42)/p+1/t15?,16?,17-,19+,26+,49?/m0/s1. The van der Waals surface area contributed by atoms with Crippen molar-refractivity contribution in [2.24, 2.45) is 5.92 Å². The van der Waals surface area contributed by atoms with Gasteiger partial charge in [-0.1, -0.05) is 13.8 Å². The van der Waals surface area contributed by atoms with E-state index in [0.29, 0.717) is 29.8 Å². The van der Waals surface area contributed by atoms with Gasteiger partial charge in [0.1, 0.15) is 24.3 Å². The molecule has 6 rings (SSSR count). The third-order valence-electron chi connectivity index (χ3n) is 8.01. The minimum Gasteiger partial charge on any atom is -0.388 e. The van der Waals surface area contributed by atoms with Gasteiger partial charge in [0.15, 0.2) is 29.1 Å². The Balaban J connectivity index is 1.16. The fourth-order valence-electron chi connectivity index (χ4n) is 5.60. The van der Waals surface area contributed by atoms with Gasteiger partial charge in [0.2, 0.25) is 11.9 Å². The average Bonchev–Trinajstić information content (AvgIpc) is 3.76. The highest BCUT2D eigenvalue weighted by Gasteiger charge is 2.45. The number of aromatic nitrogens is 8. The Labute approximate surface area is 289 Å². The van der Waals surface area contributed by atoms with Gasteiger partial charge in [-0.25, -0.2) is 19.9 Å². The number of nitrogens with one attached hydrogen (secondary N) is 2. The molecule has 5 atom stereocenters. The van der Waals surface area contributed by atoms with Crippen LogP contribution in [0.4, 0.5) is 5.95 Å². The zero-order valence-electron chi connectivity index (χ0n) is 26.7. The highest BCUT2D eigenvalue weighted by atomic mass is 32.5. The number of fused-ring (bicyclic) bond motifs is 2. The first-order valence-electron chi connectivity index (χ1n) is 15.5. The number of rotatable bonds is 15. The van der Waals surface area contributed by atoms with Crippen LogP contribution in [-0.2, 0) is 50.6 Å². The van der Waals surface area contributed by atoms with Crippen LogP contribution in [0.3, 0.4) is 0 Å². The molecule has 1 saturated carbocycles. The van der Waals surface area contributed by atoms with Gasteiger partial charge in [-0.15, -0.1) is 9.42 Å². The van der Waals surface area contributed by atoms with Crippen molar-refractivity contribution in [3.05, 3.63) is 35.0 Å². The lowest BCUT2D eigenvalue weighted by atomic mass is 9.89. The quantitative estimate of drug-likeness (QED) is 0.100. The second-order valence-electron chi connectivity index (χ2n) is 11.8. The molecule has 1 aliphatic heterocycles. The Bertz CT molecular complexity index is 2040. The second kappa shape index (κ2) is 15.3. The highest BCUT2D eigenvalue weighted by molar-refractivity contribution is 8.07. The predicted octanol–water partition coefficient (Wildman–Crippen LogP) is 2.26. The number of hydrogen-bond acceptors (Lipinski definition) is 16. The molecule has 1 saturated heterocycles. The molecule has 1 amide bonds. The molecule has 0 spiro atoms. The Morgan fingerprint density at radius 3 is 2.80 bits per heavy atom. The third-order valence-corrected chi connectivity index (χ3v) is 10.9. The maximum Gasteiger partial charge on any atom is 0.695 e. The van der Waals surface area contributed by atoms with Crippen molar-refractivity contribution in [1.82, 2.24) is 39.0 Å². The first-order chi connectivity index (χ1) is 24.0. The average molecular weight is 752 g/mol. The van der Waals surface area contributed by atoms with Crippen LogP contribution in [0.5, 0.6) is 0 Å². The summed E-state index contributed by atoms with van der Waals surface area (Å²) in [5, 5.41) is 21.5. The summed E-state index contributed by atoms with van der Waals surface area (Å²) in [5.41, 5.74) is 0.504.